The van der Waals surface area contributed by atoms with Crippen molar-refractivity contribution in [2.45, 2.75) is 19.3 Å². The number of carbonyl (C=O) groups excluding carboxylic acids is 1. The first-order valence-corrected chi connectivity index (χ1v) is 4.35. The second kappa shape index (κ2) is 5.08. The quantitative estimate of drug-likeness (QED) is 0.675. The first-order valence-electron chi connectivity index (χ1n) is 4.35. The molecule has 0 fully saturated rings. The lowest BCUT2D eigenvalue weighted by molar-refractivity contribution is -0.137. The summed E-state index contributed by atoms with van der Waals surface area (Å²) in [5.74, 6) is -0.660. The number of aromatic nitrogens is 2. The van der Waals surface area contributed by atoms with E-state index in [1.807, 2.05) is 0 Å². The Hall–Kier alpha value is -1.92. The number of carbonyl (C=O) groups is 2. The van der Waals surface area contributed by atoms with Gasteiger partial charge in [-0.1, -0.05) is 5.16 Å². The fourth-order valence-corrected chi connectivity index (χ4v) is 0.909. The minimum atomic E-state index is -0.930. The Morgan fingerprint density at radius 1 is 1.53 bits per heavy atom. The molecule has 0 aliphatic heterocycles. The van der Waals surface area contributed by atoms with E-state index in [9.17, 15) is 9.59 Å². The van der Waals surface area contributed by atoms with Crippen molar-refractivity contribution in [1.29, 1.82) is 0 Å². The van der Waals surface area contributed by atoms with Gasteiger partial charge in [-0.15, -0.1) is 0 Å². The van der Waals surface area contributed by atoms with E-state index in [0.29, 0.717) is 0 Å². The first-order chi connectivity index (χ1) is 7.11. The highest BCUT2D eigenvalue weighted by Gasteiger charge is 2.10. The van der Waals surface area contributed by atoms with Crippen LogP contribution in [0.3, 0.4) is 0 Å². The summed E-state index contributed by atoms with van der Waals surface area (Å²) in [5.41, 5.74) is 0. The van der Waals surface area contributed by atoms with Crippen molar-refractivity contribution < 1.29 is 19.2 Å². The summed E-state index contributed by atoms with van der Waals surface area (Å²) in [5, 5.41) is 14.4. The summed E-state index contributed by atoms with van der Waals surface area (Å²) in [6, 6.07) is 0. The van der Waals surface area contributed by atoms with Gasteiger partial charge >= 0.3 is 5.97 Å². The summed E-state index contributed by atoms with van der Waals surface area (Å²) >= 11 is 0. The van der Waals surface area contributed by atoms with Crippen molar-refractivity contribution >= 4 is 11.9 Å². The highest BCUT2D eigenvalue weighted by Crippen LogP contribution is 2.01. The van der Waals surface area contributed by atoms with Gasteiger partial charge in [-0.3, -0.25) is 9.59 Å². The molecule has 1 heterocycles. The zero-order valence-corrected chi connectivity index (χ0v) is 8.19. The van der Waals surface area contributed by atoms with Gasteiger partial charge in [-0.05, 0) is 0 Å². The van der Waals surface area contributed by atoms with E-state index < -0.39 is 5.97 Å². The minimum Gasteiger partial charge on any atom is -0.481 e. The van der Waals surface area contributed by atoms with Crippen LogP contribution in [0.2, 0.25) is 0 Å². The summed E-state index contributed by atoms with van der Waals surface area (Å²) in [4.78, 5) is 25.0. The van der Waals surface area contributed by atoms with E-state index >= 15 is 0 Å². The van der Waals surface area contributed by atoms with Crippen LogP contribution in [0, 0.1) is 0 Å². The van der Waals surface area contributed by atoms with Gasteiger partial charge < -0.3 is 14.9 Å². The second-order valence-electron chi connectivity index (χ2n) is 2.85. The molecule has 0 spiro atoms. The molecule has 1 aromatic heterocycles. The molecule has 0 bridgehead atoms. The molecule has 0 atom stereocenters. The Balaban J connectivity index is 2.49. The lowest BCUT2D eigenvalue weighted by Crippen LogP contribution is -2.20. The predicted octanol–water partition coefficient (Wildman–Crippen LogP) is -0.625. The monoisotopic (exact) mass is 213 g/mol. The van der Waals surface area contributed by atoms with Gasteiger partial charge in [-0.2, -0.15) is 4.98 Å². The summed E-state index contributed by atoms with van der Waals surface area (Å²) < 4.78 is 4.76. The van der Waals surface area contributed by atoms with Gasteiger partial charge in [0.15, 0.2) is 5.82 Å². The number of nitrogens with one attached hydrogen (secondary N) is 1. The Labute approximate surface area is 85.5 Å². The summed E-state index contributed by atoms with van der Waals surface area (Å²) in [6.07, 6.45) is 0.144. The number of amides is 1. The Morgan fingerprint density at radius 2 is 2.27 bits per heavy atom. The molecule has 1 rings (SSSR count). The van der Waals surface area contributed by atoms with E-state index in [2.05, 4.69) is 15.5 Å². The molecule has 1 amide bonds. The van der Waals surface area contributed by atoms with Crippen LogP contribution in [0.5, 0.6) is 0 Å². The maximum Gasteiger partial charge on any atom is 0.303 e. The summed E-state index contributed by atoms with van der Waals surface area (Å²) in [7, 11) is 1.51. The van der Waals surface area contributed by atoms with E-state index in [1.165, 1.54) is 7.05 Å². The van der Waals surface area contributed by atoms with E-state index in [-0.39, 0.29) is 36.9 Å². The van der Waals surface area contributed by atoms with Crippen LogP contribution in [-0.4, -0.2) is 34.2 Å². The first kappa shape index (κ1) is 11.2. The molecular weight excluding hydrogens is 202 g/mol. The van der Waals surface area contributed by atoms with Crippen LogP contribution < -0.4 is 5.32 Å². The fraction of sp³-hybridized carbons (Fsp3) is 0.500. The van der Waals surface area contributed by atoms with Gasteiger partial charge in [-0.25, -0.2) is 0 Å². The maximum atomic E-state index is 10.9. The number of aryl methyl sites for hydroxylation is 1. The third-order valence-electron chi connectivity index (χ3n) is 1.66. The van der Waals surface area contributed by atoms with E-state index in [4.69, 9.17) is 9.63 Å². The van der Waals surface area contributed by atoms with Gasteiger partial charge in [0.05, 0.1) is 12.8 Å². The fourth-order valence-electron chi connectivity index (χ4n) is 0.909. The summed E-state index contributed by atoms with van der Waals surface area (Å²) in [6.45, 7) is 0. The van der Waals surface area contributed by atoms with Crippen LogP contribution in [0.1, 0.15) is 18.1 Å². The highest BCUT2D eigenvalue weighted by molar-refractivity contribution is 5.77. The zero-order valence-electron chi connectivity index (χ0n) is 8.19. The topological polar surface area (TPSA) is 105 Å². The van der Waals surface area contributed by atoms with Crippen molar-refractivity contribution in [2.75, 3.05) is 7.05 Å². The number of hydrogen-bond donors (Lipinski definition) is 2. The van der Waals surface area contributed by atoms with Crippen molar-refractivity contribution in [2.24, 2.45) is 0 Å². The third kappa shape index (κ3) is 3.75. The number of carboxylic acid groups (broad SMARTS) is 1. The number of hydrogen-bond acceptors (Lipinski definition) is 5. The number of nitrogens with zero attached hydrogens (tertiary/aromatic N) is 2. The maximum absolute atomic E-state index is 10.9. The number of aliphatic carboxylic acids is 1. The van der Waals surface area contributed by atoms with Crippen LogP contribution in [0.4, 0.5) is 0 Å². The highest BCUT2D eigenvalue weighted by atomic mass is 16.5. The van der Waals surface area contributed by atoms with Crippen molar-refractivity contribution in [3.8, 4) is 0 Å². The molecule has 15 heavy (non-hydrogen) atoms. The van der Waals surface area contributed by atoms with Crippen molar-refractivity contribution in [3.05, 3.63) is 11.7 Å². The number of rotatable bonds is 5. The Morgan fingerprint density at radius 3 is 2.87 bits per heavy atom. The molecule has 0 radical (unpaired) electrons. The molecule has 0 aliphatic carbocycles. The SMILES string of the molecule is CNC(=O)Cc1noc(CCC(=O)O)n1. The lowest BCUT2D eigenvalue weighted by atomic mass is 10.3. The van der Waals surface area contributed by atoms with Crippen LogP contribution >= 0.6 is 0 Å². The molecule has 0 aliphatic rings. The predicted molar refractivity (Wildman–Crippen MR) is 48.0 cm³/mol. The van der Waals surface area contributed by atoms with E-state index in [0.717, 1.165) is 0 Å². The average Bonchev–Trinajstić information content (AvgIpc) is 2.62. The standard InChI is InChI=1S/C8H11N3O4/c1-9-6(12)4-5-10-7(15-11-5)2-3-8(13)14/h2-4H2,1H3,(H,9,12)(H,13,14). The second-order valence-corrected chi connectivity index (χ2v) is 2.85. The van der Waals surface area contributed by atoms with Gasteiger partial charge in [0.1, 0.15) is 0 Å². The van der Waals surface area contributed by atoms with Crippen molar-refractivity contribution in [1.82, 2.24) is 15.5 Å². The molecule has 0 saturated carbocycles. The molecule has 82 valence electrons. The molecule has 2 N–H and O–H groups in total. The molecule has 7 heteroatoms. The molecule has 0 unspecified atom stereocenters. The van der Waals surface area contributed by atoms with Gasteiger partial charge in [0, 0.05) is 13.5 Å². The van der Waals surface area contributed by atoms with Crippen LogP contribution in [-0.2, 0) is 22.4 Å². The molecule has 0 aromatic carbocycles. The van der Waals surface area contributed by atoms with Crippen LogP contribution in [0.25, 0.3) is 0 Å². The Kier molecular flexibility index (Phi) is 3.78. The van der Waals surface area contributed by atoms with E-state index in [1.54, 1.807) is 0 Å². The largest absolute Gasteiger partial charge is 0.481 e. The third-order valence-corrected chi connectivity index (χ3v) is 1.66. The molecule has 1 aromatic rings. The average molecular weight is 213 g/mol. The molecular formula is C8H11N3O4. The molecule has 7 nitrogen and oxygen atoms in total. The number of likely N-dealkylation sites (N-methyl/N-ethyl adjacent to an activating group) is 1. The zero-order chi connectivity index (χ0) is 11.3. The number of carboxylic acids is 1. The smallest absolute Gasteiger partial charge is 0.303 e. The van der Waals surface area contributed by atoms with Crippen molar-refractivity contribution in [3.63, 3.8) is 0 Å². The Bertz CT molecular complexity index is 361. The van der Waals surface area contributed by atoms with Gasteiger partial charge in [0.2, 0.25) is 11.8 Å². The van der Waals surface area contributed by atoms with Gasteiger partial charge in [0.25, 0.3) is 0 Å². The lowest BCUT2D eigenvalue weighted by Gasteiger charge is -1.91. The van der Waals surface area contributed by atoms with Crippen LogP contribution in [0.15, 0.2) is 4.52 Å². The normalized spacial score (nSPS) is 9.93. The molecule has 0 saturated heterocycles. The minimum absolute atomic E-state index is 0.0348.